The first-order chi connectivity index (χ1) is 6.74. The van der Waals surface area contributed by atoms with Crippen molar-refractivity contribution in [2.45, 2.75) is 51.0 Å². The molecule has 3 nitrogen and oxygen atoms in total. The second kappa shape index (κ2) is 6.25. The number of aliphatic hydroxyl groups is 1. The maximum atomic E-state index is 10.8. The van der Waals surface area contributed by atoms with E-state index in [1.165, 1.54) is 32.1 Å². The molecular weight excluding hydrogens is 204 g/mol. The molecule has 1 rings (SSSR count). The van der Waals surface area contributed by atoms with E-state index in [1.807, 2.05) is 0 Å². The van der Waals surface area contributed by atoms with E-state index in [9.17, 15) is 9.90 Å². The molecule has 0 aliphatic heterocycles. The van der Waals surface area contributed by atoms with Crippen LogP contribution in [0, 0.1) is 5.92 Å². The number of aliphatic hydroxyl groups excluding tert-OH is 1. The van der Waals surface area contributed by atoms with Crippen LogP contribution in [-0.4, -0.2) is 17.2 Å². The summed E-state index contributed by atoms with van der Waals surface area (Å²) in [4.78, 5) is 10.8. The molecule has 14 heavy (non-hydrogen) atoms. The van der Waals surface area contributed by atoms with Crippen molar-refractivity contribution < 1.29 is 14.2 Å². The van der Waals surface area contributed by atoms with Gasteiger partial charge in [0.05, 0.1) is 0 Å². The molecule has 0 aromatic carbocycles. The van der Waals surface area contributed by atoms with E-state index in [4.69, 9.17) is 11.9 Å². The van der Waals surface area contributed by atoms with Gasteiger partial charge in [0.25, 0.3) is 0 Å². The van der Waals surface area contributed by atoms with Crippen LogP contribution in [0.3, 0.4) is 0 Å². The molecule has 1 fully saturated rings. The molecule has 1 atom stereocenters. The maximum Gasteiger partial charge on any atom is 0.353 e. The first-order valence-electron chi connectivity index (χ1n) is 5.24. The van der Waals surface area contributed by atoms with Crippen LogP contribution in [-0.2, 0) is 9.08 Å². The third kappa shape index (κ3) is 3.84. The molecular formula is C10H17ClO3. The molecule has 1 aliphatic carbocycles. The van der Waals surface area contributed by atoms with Crippen LogP contribution < -0.4 is 0 Å². The van der Waals surface area contributed by atoms with Gasteiger partial charge in [0, 0.05) is 0 Å². The van der Waals surface area contributed by atoms with Gasteiger partial charge in [0.2, 0.25) is 0 Å². The number of halogens is 1. The average molecular weight is 221 g/mol. The summed E-state index contributed by atoms with van der Waals surface area (Å²) in [6.45, 7) is 0. The molecule has 0 aromatic rings. The Morgan fingerprint density at radius 2 is 2.07 bits per heavy atom. The van der Waals surface area contributed by atoms with Crippen LogP contribution in [0.4, 0.5) is 0 Å². The lowest BCUT2D eigenvalue weighted by Crippen LogP contribution is -2.21. The zero-order valence-corrected chi connectivity index (χ0v) is 9.00. The number of hydrogen-bond donors (Lipinski definition) is 1. The summed E-state index contributed by atoms with van der Waals surface area (Å²) in [7, 11) is 0. The van der Waals surface area contributed by atoms with Gasteiger partial charge in [-0.05, 0) is 18.8 Å². The summed E-state index contributed by atoms with van der Waals surface area (Å²) >= 11 is 4.86. The monoisotopic (exact) mass is 220 g/mol. The smallest absolute Gasteiger partial charge is 0.353 e. The van der Waals surface area contributed by atoms with Gasteiger partial charge >= 0.3 is 5.97 Å². The number of hydrogen-bond acceptors (Lipinski definition) is 3. The Balaban J connectivity index is 2.15. The van der Waals surface area contributed by atoms with Crippen molar-refractivity contribution in [2.24, 2.45) is 5.92 Å². The molecule has 1 saturated carbocycles. The Bertz CT molecular complexity index is 178. The Morgan fingerprint density at radius 1 is 1.43 bits per heavy atom. The minimum Gasteiger partial charge on any atom is -0.381 e. The predicted molar refractivity (Wildman–Crippen MR) is 53.8 cm³/mol. The third-order valence-corrected chi connectivity index (χ3v) is 3.07. The van der Waals surface area contributed by atoms with Crippen LogP contribution in [0.5, 0.6) is 0 Å². The molecule has 0 spiro atoms. The van der Waals surface area contributed by atoms with Crippen LogP contribution in [0.25, 0.3) is 0 Å². The van der Waals surface area contributed by atoms with E-state index in [0.29, 0.717) is 12.3 Å². The van der Waals surface area contributed by atoms with Crippen molar-refractivity contribution in [2.75, 3.05) is 0 Å². The molecule has 0 amide bonds. The number of carbonyl (C=O) groups is 1. The average Bonchev–Trinajstić information content (AvgIpc) is 2.26. The molecule has 4 heteroatoms. The van der Waals surface area contributed by atoms with Gasteiger partial charge < -0.3 is 9.40 Å². The highest BCUT2D eigenvalue weighted by Crippen LogP contribution is 2.27. The molecule has 1 aliphatic rings. The minimum absolute atomic E-state index is 0.468. The zero-order chi connectivity index (χ0) is 10.4. The van der Waals surface area contributed by atoms with E-state index in [0.717, 1.165) is 6.42 Å². The molecule has 0 heterocycles. The second-order valence-corrected chi connectivity index (χ2v) is 4.15. The highest BCUT2D eigenvalue weighted by molar-refractivity contribution is 6.13. The van der Waals surface area contributed by atoms with Crippen molar-refractivity contribution in [3.8, 4) is 0 Å². The largest absolute Gasteiger partial charge is 0.381 e. The van der Waals surface area contributed by atoms with Gasteiger partial charge in [0.15, 0.2) is 6.10 Å². The van der Waals surface area contributed by atoms with E-state index in [-0.39, 0.29) is 0 Å². The summed E-state index contributed by atoms with van der Waals surface area (Å²) in [5.74, 6) is -0.0657. The van der Waals surface area contributed by atoms with Gasteiger partial charge in [-0.25, -0.2) is 4.79 Å². The van der Waals surface area contributed by atoms with E-state index >= 15 is 0 Å². The van der Waals surface area contributed by atoms with Gasteiger partial charge in [0.1, 0.15) is 11.9 Å². The van der Waals surface area contributed by atoms with Gasteiger partial charge in [-0.15, -0.1) is 0 Å². The highest BCUT2D eigenvalue weighted by Gasteiger charge is 2.20. The fourth-order valence-corrected chi connectivity index (χ4v) is 2.14. The Morgan fingerprint density at radius 3 is 2.64 bits per heavy atom. The SMILES string of the molecule is O=C(OCl)C(O)CCC1CCCCC1. The first kappa shape index (κ1) is 11.8. The van der Waals surface area contributed by atoms with Gasteiger partial charge in [-0.2, -0.15) is 0 Å². The van der Waals surface area contributed by atoms with Crippen LogP contribution in [0.1, 0.15) is 44.9 Å². The minimum atomic E-state index is -1.05. The van der Waals surface area contributed by atoms with Crippen molar-refractivity contribution >= 4 is 17.8 Å². The maximum absolute atomic E-state index is 10.8. The molecule has 1 N–H and O–H groups in total. The summed E-state index contributed by atoms with van der Waals surface area (Å²) in [5.41, 5.74) is 0. The molecule has 0 bridgehead atoms. The summed E-state index contributed by atoms with van der Waals surface area (Å²) in [5, 5.41) is 9.29. The Kier molecular flexibility index (Phi) is 5.26. The van der Waals surface area contributed by atoms with Crippen molar-refractivity contribution in [1.29, 1.82) is 0 Å². The lowest BCUT2D eigenvalue weighted by Gasteiger charge is -2.21. The number of rotatable bonds is 4. The normalized spacial score (nSPS) is 20.4. The Hall–Kier alpha value is -0.280. The Labute approximate surface area is 89.6 Å². The number of carbonyl (C=O) groups excluding carboxylic acids is 1. The first-order valence-corrected chi connectivity index (χ1v) is 5.55. The van der Waals surface area contributed by atoms with Crippen molar-refractivity contribution in [1.82, 2.24) is 0 Å². The summed E-state index contributed by atoms with van der Waals surface area (Å²) in [6.07, 6.45) is 6.65. The topological polar surface area (TPSA) is 46.5 Å². The van der Waals surface area contributed by atoms with Crippen LogP contribution >= 0.6 is 11.9 Å². The van der Waals surface area contributed by atoms with E-state index < -0.39 is 12.1 Å². The fourth-order valence-electron chi connectivity index (χ4n) is 2.04. The quantitative estimate of drug-likeness (QED) is 0.792. The van der Waals surface area contributed by atoms with E-state index in [2.05, 4.69) is 4.29 Å². The lowest BCUT2D eigenvalue weighted by molar-refractivity contribution is -0.143. The molecule has 0 saturated heterocycles. The molecule has 82 valence electrons. The predicted octanol–water partition coefficient (Wildman–Crippen LogP) is 2.40. The standard InChI is InChI=1S/C10H17ClO3/c11-14-10(13)9(12)7-6-8-4-2-1-3-5-8/h8-9,12H,1-7H2. The second-order valence-electron chi connectivity index (χ2n) is 3.99. The van der Waals surface area contributed by atoms with Crippen LogP contribution in [0.2, 0.25) is 0 Å². The third-order valence-electron chi connectivity index (χ3n) is 2.92. The summed E-state index contributed by atoms with van der Waals surface area (Å²) < 4.78 is 3.94. The lowest BCUT2D eigenvalue weighted by atomic mass is 9.85. The van der Waals surface area contributed by atoms with Crippen molar-refractivity contribution in [3.63, 3.8) is 0 Å². The van der Waals surface area contributed by atoms with E-state index in [1.54, 1.807) is 0 Å². The zero-order valence-electron chi connectivity index (χ0n) is 8.25. The molecule has 0 aromatic heterocycles. The van der Waals surface area contributed by atoms with Gasteiger partial charge in [-0.3, -0.25) is 0 Å². The molecule has 1 unspecified atom stereocenters. The van der Waals surface area contributed by atoms with Crippen LogP contribution in [0.15, 0.2) is 0 Å². The van der Waals surface area contributed by atoms with Gasteiger partial charge in [-0.1, -0.05) is 32.1 Å². The van der Waals surface area contributed by atoms with Crippen molar-refractivity contribution in [3.05, 3.63) is 0 Å². The summed E-state index contributed by atoms with van der Waals surface area (Å²) in [6, 6.07) is 0. The molecule has 0 radical (unpaired) electrons. The highest BCUT2D eigenvalue weighted by atomic mass is 35.5. The fraction of sp³-hybridized carbons (Fsp3) is 0.900.